The minimum absolute atomic E-state index is 0.106. The number of methoxy groups -OCH3 is 1. The Morgan fingerprint density at radius 3 is 2.68 bits per heavy atom. The Kier molecular flexibility index (Phi) is 5.85. The SMILES string of the molecule is COc1cccc2cc(-c3csc(Cc4nc(-c5ccc(OC(C)C)cc5)no4)n3)c(=O)oc12. The molecule has 0 saturated carbocycles. The summed E-state index contributed by atoms with van der Waals surface area (Å²) in [6.07, 6.45) is 0.466. The van der Waals surface area contributed by atoms with Crippen LogP contribution in [0.4, 0.5) is 0 Å². The van der Waals surface area contributed by atoms with Crippen molar-refractivity contribution in [1.82, 2.24) is 15.1 Å². The van der Waals surface area contributed by atoms with Gasteiger partial charge in [-0.2, -0.15) is 4.98 Å². The van der Waals surface area contributed by atoms with Crippen LogP contribution in [0.2, 0.25) is 0 Å². The summed E-state index contributed by atoms with van der Waals surface area (Å²) < 4.78 is 21.9. The van der Waals surface area contributed by atoms with Gasteiger partial charge in [0.05, 0.1) is 30.9 Å². The fraction of sp³-hybridized carbons (Fsp3) is 0.200. The van der Waals surface area contributed by atoms with E-state index in [0.717, 1.165) is 21.7 Å². The largest absolute Gasteiger partial charge is 0.493 e. The molecule has 0 radical (unpaired) electrons. The molecule has 5 rings (SSSR count). The fourth-order valence-electron chi connectivity index (χ4n) is 3.50. The molecule has 0 bridgehead atoms. The van der Waals surface area contributed by atoms with Gasteiger partial charge in [-0.05, 0) is 50.2 Å². The molecule has 0 fully saturated rings. The van der Waals surface area contributed by atoms with E-state index in [4.69, 9.17) is 18.4 Å². The maximum Gasteiger partial charge on any atom is 0.345 e. The molecular formula is C25H21N3O5S. The summed E-state index contributed by atoms with van der Waals surface area (Å²) in [6, 6.07) is 14.8. The lowest BCUT2D eigenvalue weighted by molar-refractivity contribution is 0.242. The molecule has 0 saturated heterocycles. The van der Waals surface area contributed by atoms with Crippen LogP contribution in [0.3, 0.4) is 0 Å². The summed E-state index contributed by atoms with van der Waals surface area (Å²) in [4.78, 5) is 21.7. The monoisotopic (exact) mass is 475 g/mol. The zero-order valence-corrected chi connectivity index (χ0v) is 19.6. The van der Waals surface area contributed by atoms with E-state index >= 15 is 0 Å². The standard InChI is InChI=1S/C25H21N3O5S/c1-14(2)31-17-9-7-15(8-10-17)24-27-21(33-28-24)12-22-26-19(13-34-22)18-11-16-5-4-6-20(30-3)23(16)32-25(18)29/h4-11,13-14H,12H2,1-3H3. The van der Waals surface area contributed by atoms with Crippen molar-refractivity contribution < 1.29 is 18.4 Å². The Morgan fingerprint density at radius 2 is 1.91 bits per heavy atom. The van der Waals surface area contributed by atoms with Crippen LogP contribution in [-0.4, -0.2) is 28.3 Å². The van der Waals surface area contributed by atoms with E-state index in [-0.39, 0.29) is 6.10 Å². The Morgan fingerprint density at radius 1 is 1.09 bits per heavy atom. The van der Waals surface area contributed by atoms with Gasteiger partial charge in [-0.25, -0.2) is 9.78 Å². The van der Waals surface area contributed by atoms with Crippen molar-refractivity contribution in [1.29, 1.82) is 0 Å². The van der Waals surface area contributed by atoms with Gasteiger partial charge in [0.25, 0.3) is 0 Å². The average molecular weight is 476 g/mol. The third-order valence-electron chi connectivity index (χ3n) is 5.03. The number of fused-ring (bicyclic) bond motifs is 1. The van der Waals surface area contributed by atoms with E-state index < -0.39 is 5.63 Å². The van der Waals surface area contributed by atoms with Gasteiger partial charge in [0.1, 0.15) is 10.8 Å². The summed E-state index contributed by atoms with van der Waals surface area (Å²) in [5, 5.41) is 7.40. The normalized spacial score (nSPS) is 11.3. The Balaban J connectivity index is 1.35. The van der Waals surface area contributed by atoms with Crippen LogP contribution in [0.25, 0.3) is 33.6 Å². The van der Waals surface area contributed by atoms with Crippen LogP contribution in [0.1, 0.15) is 24.7 Å². The lowest BCUT2D eigenvalue weighted by Crippen LogP contribution is -2.05. The van der Waals surface area contributed by atoms with Crippen molar-refractivity contribution in [3.63, 3.8) is 0 Å². The number of aromatic nitrogens is 3. The molecule has 0 amide bonds. The average Bonchev–Trinajstić information content (AvgIpc) is 3.48. The molecule has 3 aromatic heterocycles. The smallest absolute Gasteiger partial charge is 0.345 e. The van der Waals surface area contributed by atoms with Crippen LogP contribution in [-0.2, 0) is 6.42 Å². The Labute approximate surface area is 198 Å². The zero-order valence-electron chi connectivity index (χ0n) is 18.8. The quantitative estimate of drug-likeness (QED) is 0.290. The molecule has 0 spiro atoms. The summed E-state index contributed by atoms with van der Waals surface area (Å²) in [5.41, 5.74) is 1.70. The highest BCUT2D eigenvalue weighted by atomic mass is 32.1. The number of hydrogen-bond acceptors (Lipinski definition) is 9. The number of ether oxygens (including phenoxy) is 2. The summed E-state index contributed by atoms with van der Waals surface area (Å²) in [6.45, 7) is 3.96. The van der Waals surface area contributed by atoms with E-state index in [1.54, 1.807) is 12.1 Å². The van der Waals surface area contributed by atoms with E-state index in [0.29, 0.717) is 40.7 Å². The molecule has 0 N–H and O–H groups in total. The summed E-state index contributed by atoms with van der Waals surface area (Å²) in [7, 11) is 1.54. The molecule has 3 heterocycles. The molecule has 0 atom stereocenters. The highest BCUT2D eigenvalue weighted by molar-refractivity contribution is 7.10. The van der Waals surface area contributed by atoms with Gasteiger partial charge in [-0.3, -0.25) is 0 Å². The van der Waals surface area contributed by atoms with Crippen molar-refractivity contribution in [2.24, 2.45) is 0 Å². The zero-order chi connectivity index (χ0) is 23.7. The Bertz CT molecular complexity index is 1500. The molecule has 2 aromatic carbocycles. The van der Waals surface area contributed by atoms with Gasteiger partial charge in [-0.1, -0.05) is 17.3 Å². The second-order valence-corrected chi connectivity index (χ2v) is 8.77. The molecule has 8 nitrogen and oxygen atoms in total. The van der Waals surface area contributed by atoms with Gasteiger partial charge < -0.3 is 18.4 Å². The number of nitrogens with zero attached hydrogens (tertiary/aromatic N) is 3. The second kappa shape index (κ2) is 9.11. The van der Waals surface area contributed by atoms with Crippen molar-refractivity contribution in [2.75, 3.05) is 7.11 Å². The molecule has 0 aliphatic rings. The van der Waals surface area contributed by atoms with Gasteiger partial charge in [0, 0.05) is 16.3 Å². The van der Waals surface area contributed by atoms with Crippen LogP contribution < -0.4 is 15.1 Å². The number of benzene rings is 2. The van der Waals surface area contributed by atoms with Gasteiger partial charge in [-0.15, -0.1) is 11.3 Å². The minimum atomic E-state index is -0.473. The van der Waals surface area contributed by atoms with Crippen molar-refractivity contribution in [3.05, 3.63) is 75.2 Å². The third-order valence-corrected chi connectivity index (χ3v) is 5.88. The minimum Gasteiger partial charge on any atom is -0.493 e. The molecule has 0 unspecified atom stereocenters. The lowest BCUT2D eigenvalue weighted by atomic mass is 10.1. The first kappa shape index (κ1) is 21.8. The maximum atomic E-state index is 12.6. The first-order chi connectivity index (χ1) is 16.5. The molecule has 0 aliphatic carbocycles. The van der Waals surface area contributed by atoms with Crippen LogP contribution in [0.5, 0.6) is 11.5 Å². The van der Waals surface area contributed by atoms with Gasteiger partial charge in [0.15, 0.2) is 11.3 Å². The first-order valence-corrected chi connectivity index (χ1v) is 11.5. The molecule has 172 valence electrons. The summed E-state index contributed by atoms with van der Waals surface area (Å²) >= 11 is 1.41. The predicted molar refractivity (Wildman–Crippen MR) is 128 cm³/mol. The molecule has 0 aliphatic heterocycles. The van der Waals surface area contributed by atoms with Gasteiger partial charge >= 0.3 is 5.63 Å². The van der Waals surface area contributed by atoms with Crippen molar-refractivity contribution in [2.45, 2.75) is 26.4 Å². The summed E-state index contributed by atoms with van der Waals surface area (Å²) in [5.74, 6) is 2.23. The molecular weight excluding hydrogens is 454 g/mol. The number of para-hydroxylation sites is 1. The predicted octanol–water partition coefficient (Wildman–Crippen LogP) is 5.35. The number of thiazole rings is 1. The van der Waals surface area contributed by atoms with Crippen LogP contribution in [0, 0.1) is 0 Å². The van der Waals surface area contributed by atoms with E-state index in [1.807, 2.05) is 55.6 Å². The fourth-order valence-corrected chi connectivity index (χ4v) is 4.29. The Hall–Kier alpha value is -3.98. The molecule has 5 aromatic rings. The number of hydrogen-bond donors (Lipinski definition) is 0. The van der Waals surface area contributed by atoms with Crippen LogP contribution in [0.15, 0.2) is 67.6 Å². The molecule has 9 heteroatoms. The lowest BCUT2D eigenvalue weighted by Gasteiger charge is -2.09. The topological polar surface area (TPSA) is 100 Å². The molecule has 34 heavy (non-hydrogen) atoms. The van der Waals surface area contributed by atoms with E-state index in [2.05, 4.69) is 15.1 Å². The van der Waals surface area contributed by atoms with Crippen molar-refractivity contribution in [3.8, 4) is 34.1 Å². The first-order valence-electron chi connectivity index (χ1n) is 10.7. The van der Waals surface area contributed by atoms with Gasteiger partial charge in [0.2, 0.25) is 11.7 Å². The van der Waals surface area contributed by atoms with E-state index in [1.165, 1.54) is 18.4 Å². The number of rotatable bonds is 7. The van der Waals surface area contributed by atoms with E-state index in [9.17, 15) is 4.79 Å². The maximum absolute atomic E-state index is 12.6. The van der Waals surface area contributed by atoms with Crippen LogP contribution >= 0.6 is 11.3 Å². The highest BCUT2D eigenvalue weighted by Gasteiger charge is 2.16. The van der Waals surface area contributed by atoms with Crippen molar-refractivity contribution >= 4 is 22.3 Å². The third kappa shape index (κ3) is 4.42. The highest BCUT2D eigenvalue weighted by Crippen LogP contribution is 2.29. The second-order valence-electron chi connectivity index (χ2n) is 7.83.